The Morgan fingerprint density at radius 1 is 1.18 bits per heavy atom. The second-order valence-corrected chi connectivity index (χ2v) is 9.68. The fourth-order valence-electron chi connectivity index (χ4n) is 3.32. The molecular weight excluding hydrogens is 526 g/mol. The Kier molecular flexibility index (Phi) is 7.23. The second-order valence-electron chi connectivity index (χ2n) is 7.14. The molecule has 1 aliphatic rings. The molecule has 0 aliphatic carbocycles. The highest BCUT2D eigenvalue weighted by atomic mass is 79.9. The molecule has 1 saturated heterocycles. The number of nitrogens with zero attached hydrogens (tertiary/aromatic N) is 2. The van der Waals surface area contributed by atoms with Gasteiger partial charge in [-0.05, 0) is 60.5 Å². The number of carbonyl (C=O) groups is 2. The van der Waals surface area contributed by atoms with E-state index in [1.54, 1.807) is 48.5 Å². The molecule has 1 fully saturated rings. The molecule has 0 saturated carbocycles. The lowest BCUT2D eigenvalue weighted by Crippen LogP contribution is -2.32. The van der Waals surface area contributed by atoms with E-state index >= 15 is 0 Å². The van der Waals surface area contributed by atoms with Crippen LogP contribution in [0, 0.1) is 11.3 Å². The van der Waals surface area contributed by atoms with E-state index in [1.807, 2.05) is 18.2 Å². The topological polar surface area (TPSA) is 86.3 Å². The minimum atomic E-state index is -0.571. The minimum Gasteiger partial charge on any atom is -0.467 e. The maximum atomic E-state index is 13.4. The zero-order valence-electron chi connectivity index (χ0n) is 17.1. The zero-order valence-corrected chi connectivity index (χ0v) is 20.3. The number of rotatable bonds is 6. The van der Waals surface area contributed by atoms with Crippen LogP contribution in [0.3, 0.4) is 0 Å². The number of nitriles is 1. The first-order chi connectivity index (χ1) is 16.0. The summed E-state index contributed by atoms with van der Waals surface area (Å²) >= 11 is 10.6. The number of hydrogen-bond donors (Lipinski definition) is 1. The van der Waals surface area contributed by atoms with Crippen molar-refractivity contribution in [1.29, 1.82) is 5.26 Å². The van der Waals surface area contributed by atoms with Gasteiger partial charge >= 0.3 is 0 Å². The van der Waals surface area contributed by atoms with E-state index in [1.165, 1.54) is 22.9 Å². The Morgan fingerprint density at radius 2 is 1.91 bits per heavy atom. The number of benzene rings is 2. The molecule has 6 nitrogen and oxygen atoms in total. The van der Waals surface area contributed by atoms with E-state index in [4.69, 9.17) is 16.0 Å². The molecular formula is C24H17BrClN3O3S. The SMILES string of the molecule is N#CC(C(=O)NCc1ccco1)=C1SC(Cc2ccc(Cl)cc2)C(=O)N1c1ccc(Br)cc1. The molecule has 1 N–H and O–H groups in total. The van der Waals surface area contributed by atoms with Gasteiger partial charge in [0.2, 0.25) is 5.91 Å². The molecule has 0 spiro atoms. The van der Waals surface area contributed by atoms with Crippen LogP contribution in [0.2, 0.25) is 5.02 Å². The van der Waals surface area contributed by atoms with Crippen molar-refractivity contribution in [2.45, 2.75) is 18.2 Å². The summed E-state index contributed by atoms with van der Waals surface area (Å²) in [4.78, 5) is 27.8. The van der Waals surface area contributed by atoms with Crippen LogP contribution in [0.1, 0.15) is 11.3 Å². The molecule has 2 heterocycles. The molecule has 166 valence electrons. The van der Waals surface area contributed by atoms with E-state index in [-0.39, 0.29) is 18.0 Å². The Bertz CT molecular complexity index is 1240. The molecule has 1 atom stereocenters. The van der Waals surface area contributed by atoms with Crippen molar-refractivity contribution >= 4 is 56.8 Å². The van der Waals surface area contributed by atoms with Gasteiger partial charge in [0.05, 0.1) is 18.1 Å². The predicted octanol–water partition coefficient (Wildman–Crippen LogP) is 5.44. The standard InChI is InChI=1S/C24H17BrClN3O3S/c25-16-5-9-18(10-6-16)29-23(31)21(12-15-3-7-17(26)8-4-15)33-24(29)20(13-27)22(30)28-14-19-2-1-11-32-19/h1-11,21H,12,14H2,(H,28,30). The molecule has 0 radical (unpaired) electrons. The molecule has 0 bridgehead atoms. The van der Waals surface area contributed by atoms with Crippen molar-refractivity contribution in [2.75, 3.05) is 4.90 Å². The number of amides is 2. The molecule has 2 amide bonds. The summed E-state index contributed by atoms with van der Waals surface area (Å²) < 4.78 is 6.09. The molecule has 1 unspecified atom stereocenters. The van der Waals surface area contributed by atoms with E-state index in [2.05, 4.69) is 21.2 Å². The van der Waals surface area contributed by atoms with Crippen molar-refractivity contribution in [2.24, 2.45) is 0 Å². The van der Waals surface area contributed by atoms with Gasteiger partial charge in [-0.15, -0.1) is 0 Å². The largest absolute Gasteiger partial charge is 0.467 e. The van der Waals surface area contributed by atoms with Crippen LogP contribution < -0.4 is 10.2 Å². The lowest BCUT2D eigenvalue weighted by molar-refractivity contribution is -0.117. The van der Waals surface area contributed by atoms with Gasteiger partial charge < -0.3 is 9.73 Å². The van der Waals surface area contributed by atoms with Crippen LogP contribution in [0.25, 0.3) is 0 Å². The van der Waals surface area contributed by atoms with Gasteiger partial charge in [0.1, 0.15) is 22.4 Å². The number of carbonyl (C=O) groups excluding carboxylic acids is 2. The van der Waals surface area contributed by atoms with Gasteiger partial charge in [-0.25, -0.2) is 0 Å². The van der Waals surface area contributed by atoms with E-state index in [0.29, 0.717) is 27.9 Å². The summed E-state index contributed by atoms with van der Waals surface area (Å²) in [5, 5.41) is 13.0. The summed E-state index contributed by atoms with van der Waals surface area (Å²) in [6.45, 7) is 0.134. The van der Waals surface area contributed by atoms with Gasteiger partial charge in [-0.3, -0.25) is 14.5 Å². The number of halogens is 2. The van der Waals surface area contributed by atoms with Gasteiger partial charge in [0, 0.05) is 15.2 Å². The van der Waals surface area contributed by atoms with Crippen LogP contribution >= 0.6 is 39.3 Å². The average Bonchev–Trinajstić information content (AvgIpc) is 3.44. The van der Waals surface area contributed by atoms with E-state index in [9.17, 15) is 14.9 Å². The van der Waals surface area contributed by atoms with Gasteiger partial charge in [-0.1, -0.05) is 51.4 Å². The average molecular weight is 543 g/mol. The Hall–Kier alpha value is -2.99. The van der Waals surface area contributed by atoms with Gasteiger partial charge in [0.25, 0.3) is 5.91 Å². The first kappa shape index (κ1) is 23.2. The monoisotopic (exact) mass is 541 g/mol. The van der Waals surface area contributed by atoms with Gasteiger partial charge in [-0.2, -0.15) is 5.26 Å². The lowest BCUT2D eigenvalue weighted by atomic mass is 10.1. The first-order valence-corrected chi connectivity index (χ1v) is 12.0. The smallest absolute Gasteiger partial charge is 0.265 e. The quantitative estimate of drug-likeness (QED) is 0.331. The Labute approximate surface area is 208 Å². The zero-order chi connectivity index (χ0) is 23.4. The van der Waals surface area contributed by atoms with Crippen molar-refractivity contribution < 1.29 is 14.0 Å². The molecule has 2 aromatic carbocycles. The van der Waals surface area contributed by atoms with Crippen LogP contribution in [-0.4, -0.2) is 17.1 Å². The Balaban J connectivity index is 1.67. The molecule has 33 heavy (non-hydrogen) atoms. The third-order valence-corrected chi connectivity index (χ3v) is 6.97. The van der Waals surface area contributed by atoms with E-state index < -0.39 is 11.2 Å². The van der Waals surface area contributed by atoms with Crippen molar-refractivity contribution in [3.63, 3.8) is 0 Å². The number of nitrogens with one attached hydrogen (secondary N) is 1. The summed E-state index contributed by atoms with van der Waals surface area (Å²) in [6, 6.07) is 19.9. The summed E-state index contributed by atoms with van der Waals surface area (Å²) in [7, 11) is 0. The van der Waals surface area contributed by atoms with Crippen molar-refractivity contribution in [3.8, 4) is 6.07 Å². The number of thioether (sulfide) groups is 1. The van der Waals surface area contributed by atoms with Crippen LogP contribution in [0.4, 0.5) is 5.69 Å². The maximum Gasteiger partial charge on any atom is 0.265 e. The van der Waals surface area contributed by atoms with Gasteiger partial charge in [0.15, 0.2) is 0 Å². The normalized spacial score (nSPS) is 17.1. The van der Waals surface area contributed by atoms with Crippen LogP contribution in [0.5, 0.6) is 0 Å². The highest BCUT2D eigenvalue weighted by Crippen LogP contribution is 2.42. The van der Waals surface area contributed by atoms with Crippen LogP contribution in [0.15, 0.2) is 86.4 Å². The number of hydrogen-bond acceptors (Lipinski definition) is 5. The van der Waals surface area contributed by atoms with Crippen molar-refractivity contribution in [1.82, 2.24) is 5.32 Å². The minimum absolute atomic E-state index is 0.124. The highest BCUT2D eigenvalue weighted by molar-refractivity contribution is 9.10. The fraction of sp³-hybridized carbons (Fsp3) is 0.125. The van der Waals surface area contributed by atoms with Crippen LogP contribution in [-0.2, 0) is 22.6 Å². The third kappa shape index (κ3) is 5.33. The lowest BCUT2D eigenvalue weighted by Gasteiger charge is -2.18. The van der Waals surface area contributed by atoms with E-state index in [0.717, 1.165) is 10.0 Å². The fourth-order valence-corrected chi connectivity index (χ4v) is 5.01. The summed E-state index contributed by atoms with van der Waals surface area (Å²) in [6.07, 6.45) is 1.94. The second kappa shape index (κ2) is 10.3. The molecule has 1 aromatic heterocycles. The number of furan rings is 1. The number of anilines is 1. The predicted molar refractivity (Wildman–Crippen MR) is 131 cm³/mol. The Morgan fingerprint density at radius 3 is 2.55 bits per heavy atom. The molecule has 4 rings (SSSR count). The molecule has 9 heteroatoms. The maximum absolute atomic E-state index is 13.4. The van der Waals surface area contributed by atoms with Crippen molar-refractivity contribution in [3.05, 3.63) is 98.3 Å². The third-order valence-electron chi connectivity index (χ3n) is 4.93. The summed E-state index contributed by atoms with van der Waals surface area (Å²) in [5.74, 6) is -0.205. The first-order valence-electron chi connectivity index (χ1n) is 9.92. The summed E-state index contributed by atoms with van der Waals surface area (Å²) in [5.41, 5.74) is 1.39. The highest BCUT2D eigenvalue weighted by Gasteiger charge is 2.40. The molecule has 1 aliphatic heterocycles. The molecule has 3 aromatic rings.